The van der Waals surface area contributed by atoms with Crippen molar-refractivity contribution < 1.29 is 17.1 Å². The van der Waals surface area contributed by atoms with Gasteiger partial charge in [0.1, 0.15) is 0 Å². The minimum atomic E-state index is 0. The molecular formula is C5H10Fe. The summed E-state index contributed by atoms with van der Waals surface area (Å²) < 4.78 is 0. The molecule has 1 heteroatoms. The van der Waals surface area contributed by atoms with Crippen molar-refractivity contribution >= 4 is 0 Å². The average Bonchev–Trinajstić information content (AvgIpc) is 1.41. The molecule has 0 heterocycles. The van der Waals surface area contributed by atoms with Crippen molar-refractivity contribution in [2.75, 3.05) is 0 Å². The van der Waals surface area contributed by atoms with Gasteiger partial charge in [0.05, 0.1) is 0 Å². The molecule has 0 N–H and O–H groups in total. The first-order valence-corrected chi connectivity index (χ1v) is 2.02. The molecule has 0 aliphatic heterocycles. The predicted molar refractivity (Wildman–Crippen MR) is 25.1 cm³/mol. The van der Waals surface area contributed by atoms with Gasteiger partial charge in [-0.25, -0.2) is 0 Å². The van der Waals surface area contributed by atoms with Crippen LogP contribution in [0, 0.1) is 0 Å². The second kappa shape index (κ2) is 8.98. The summed E-state index contributed by atoms with van der Waals surface area (Å²) in [5.74, 6) is 0. The largest absolute Gasteiger partial charge is 0.103 e. The number of hydrogen-bond donors (Lipinski definition) is 0. The maximum Gasteiger partial charge on any atom is 0 e. The quantitative estimate of drug-likeness (QED) is 0.392. The van der Waals surface area contributed by atoms with Crippen LogP contribution in [0.15, 0.2) is 12.7 Å². The first kappa shape index (κ1) is 9.54. The van der Waals surface area contributed by atoms with E-state index < -0.39 is 0 Å². The van der Waals surface area contributed by atoms with E-state index in [2.05, 4.69) is 13.5 Å². The summed E-state index contributed by atoms with van der Waals surface area (Å²) in [5, 5.41) is 0. The van der Waals surface area contributed by atoms with Crippen LogP contribution >= 0.6 is 0 Å². The molecule has 0 aliphatic rings. The van der Waals surface area contributed by atoms with E-state index in [0.29, 0.717) is 0 Å². The maximum absolute atomic E-state index is 3.55. The summed E-state index contributed by atoms with van der Waals surface area (Å²) in [5.41, 5.74) is 0. The summed E-state index contributed by atoms with van der Waals surface area (Å²) in [6, 6.07) is 0. The first-order chi connectivity index (χ1) is 2.41. The molecule has 0 unspecified atom stereocenters. The molecule has 0 bridgehead atoms. The number of allylic oxidation sites excluding steroid dienone is 1. The Morgan fingerprint density at radius 1 is 1.67 bits per heavy atom. The van der Waals surface area contributed by atoms with E-state index in [1.165, 1.54) is 6.42 Å². The molecule has 0 nitrogen and oxygen atoms in total. The fourth-order valence-corrected chi connectivity index (χ4v) is 0.204. The molecular weight excluding hydrogens is 116 g/mol. The van der Waals surface area contributed by atoms with Crippen LogP contribution < -0.4 is 0 Å². The van der Waals surface area contributed by atoms with Crippen molar-refractivity contribution in [3.05, 3.63) is 12.7 Å². The van der Waals surface area contributed by atoms with Gasteiger partial charge in [0.25, 0.3) is 0 Å². The van der Waals surface area contributed by atoms with E-state index >= 15 is 0 Å². The SMILES string of the molecule is C=CCCC.[Fe]. The van der Waals surface area contributed by atoms with Crippen molar-refractivity contribution in [1.82, 2.24) is 0 Å². The normalized spacial score (nSPS) is 6.17. The Bertz CT molecular complexity index is 25.1. The Morgan fingerprint density at radius 3 is 2.17 bits per heavy atom. The molecule has 0 aromatic heterocycles. The number of unbranched alkanes of at least 4 members (excludes halogenated alkanes) is 1. The van der Waals surface area contributed by atoms with E-state index in [1.54, 1.807) is 0 Å². The van der Waals surface area contributed by atoms with Crippen LogP contribution in [0.5, 0.6) is 0 Å². The molecule has 0 aromatic carbocycles. The molecule has 0 aliphatic carbocycles. The molecule has 0 aromatic rings. The summed E-state index contributed by atoms with van der Waals surface area (Å²) >= 11 is 0. The number of rotatable bonds is 2. The predicted octanol–water partition coefficient (Wildman–Crippen LogP) is 1.97. The molecule has 0 radical (unpaired) electrons. The van der Waals surface area contributed by atoms with Crippen molar-refractivity contribution in [3.8, 4) is 0 Å². The van der Waals surface area contributed by atoms with E-state index in [4.69, 9.17) is 0 Å². The third kappa shape index (κ3) is 8.86. The fraction of sp³-hybridized carbons (Fsp3) is 0.600. The minimum Gasteiger partial charge on any atom is -0.103 e. The van der Waals surface area contributed by atoms with Crippen LogP contribution in [-0.4, -0.2) is 0 Å². The van der Waals surface area contributed by atoms with E-state index in [0.717, 1.165) is 6.42 Å². The van der Waals surface area contributed by atoms with Gasteiger partial charge >= 0.3 is 0 Å². The molecule has 0 spiro atoms. The van der Waals surface area contributed by atoms with Crippen LogP contribution in [0.25, 0.3) is 0 Å². The number of hydrogen-bond acceptors (Lipinski definition) is 0. The van der Waals surface area contributed by atoms with Gasteiger partial charge in [0.2, 0.25) is 0 Å². The van der Waals surface area contributed by atoms with Gasteiger partial charge in [0, 0.05) is 17.1 Å². The van der Waals surface area contributed by atoms with Crippen molar-refractivity contribution in [3.63, 3.8) is 0 Å². The Balaban J connectivity index is 0. The van der Waals surface area contributed by atoms with Crippen LogP contribution in [0.2, 0.25) is 0 Å². The van der Waals surface area contributed by atoms with Crippen molar-refractivity contribution in [1.29, 1.82) is 0 Å². The monoisotopic (exact) mass is 126 g/mol. The minimum absolute atomic E-state index is 0. The Hall–Kier alpha value is 0.259. The van der Waals surface area contributed by atoms with Gasteiger partial charge in [-0.1, -0.05) is 19.4 Å². The smallest absolute Gasteiger partial charge is 0 e. The Morgan fingerprint density at radius 2 is 2.17 bits per heavy atom. The standard InChI is InChI=1S/C5H10.Fe/c1-3-5-4-2;/h3H,1,4-5H2,2H3;. The van der Waals surface area contributed by atoms with Gasteiger partial charge in [0.15, 0.2) is 0 Å². The molecule has 0 atom stereocenters. The average molecular weight is 126 g/mol. The zero-order valence-electron chi connectivity index (χ0n) is 4.05. The van der Waals surface area contributed by atoms with Crippen LogP contribution in [0.4, 0.5) is 0 Å². The Kier molecular flexibility index (Phi) is 14.3. The summed E-state index contributed by atoms with van der Waals surface area (Å²) in [4.78, 5) is 0. The first-order valence-electron chi connectivity index (χ1n) is 2.02. The zero-order valence-corrected chi connectivity index (χ0v) is 5.16. The van der Waals surface area contributed by atoms with Crippen molar-refractivity contribution in [2.24, 2.45) is 0 Å². The van der Waals surface area contributed by atoms with Gasteiger partial charge in [-0.2, -0.15) is 0 Å². The van der Waals surface area contributed by atoms with E-state index in [9.17, 15) is 0 Å². The second-order valence-electron chi connectivity index (χ2n) is 1.08. The third-order valence-corrected chi connectivity index (χ3v) is 0.493. The van der Waals surface area contributed by atoms with E-state index in [-0.39, 0.29) is 17.1 Å². The molecule has 0 rings (SSSR count). The summed E-state index contributed by atoms with van der Waals surface area (Å²) in [6.07, 6.45) is 4.31. The molecule has 0 amide bonds. The second-order valence-corrected chi connectivity index (χ2v) is 1.08. The maximum atomic E-state index is 3.55. The van der Waals surface area contributed by atoms with Crippen LogP contribution in [-0.2, 0) is 17.1 Å². The summed E-state index contributed by atoms with van der Waals surface area (Å²) in [7, 11) is 0. The molecule has 6 heavy (non-hydrogen) atoms. The Labute approximate surface area is 50.1 Å². The fourth-order valence-electron chi connectivity index (χ4n) is 0.204. The van der Waals surface area contributed by atoms with Gasteiger partial charge in [-0.05, 0) is 6.42 Å². The van der Waals surface area contributed by atoms with E-state index in [1.807, 2.05) is 6.08 Å². The van der Waals surface area contributed by atoms with Gasteiger partial charge in [-0.15, -0.1) is 6.58 Å². The molecule has 38 valence electrons. The zero-order chi connectivity index (χ0) is 4.12. The van der Waals surface area contributed by atoms with Crippen LogP contribution in [0.3, 0.4) is 0 Å². The van der Waals surface area contributed by atoms with Crippen molar-refractivity contribution in [2.45, 2.75) is 19.8 Å². The molecule has 0 saturated heterocycles. The van der Waals surface area contributed by atoms with Gasteiger partial charge in [-0.3, -0.25) is 0 Å². The van der Waals surface area contributed by atoms with Crippen LogP contribution in [0.1, 0.15) is 19.8 Å². The topological polar surface area (TPSA) is 0 Å². The third-order valence-electron chi connectivity index (χ3n) is 0.493. The molecule has 0 saturated carbocycles. The summed E-state index contributed by atoms with van der Waals surface area (Å²) in [6.45, 7) is 5.69. The molecule has 0 fully saturated rings. The van der Waals surface area contributed by atoms with Gasteiger partial charge < -0.3 is 0 Å².